The zero-order valence-electron chi connectivity index (χ0n) is 11.7. The summed E-state index contributed by atoms with van der Waals surface area (Å²) in [6.45, 7) is -0.0180. The molecule has 0 atom stereocenters. The summed E-state index contributed by atoms with van der Waals surface area (Å²) in [4.78, 5) is 33.5. The van der Waals surface area contributed by atoms with E-state index in [-0.39, 0.29) is 24.5 Å². The van der Waals surface area contributed by atoms with Gasteiger partial charge >= 0.3 is 0 Å². The van der Waals surface area contributed by atoms with Gasteiger partial charge in [0.15, 0.2) is 0 Å². The van der Waals surface area contributed by atoms with E-state index in [2.05, 4.69) is 10.6 Å². The van der Waals surface area contributed by atoms with Crippen LogP contribution in [0.3, 0.4) is 0 Å². The van der Waals surface area contributed by atoms with Gasteiger partial charge in [-0.3, -0.25) is 19.7 Å². The van der Waals surface area contributed by atoms with Gasteiger partial charge in [0.25, 0.3) is 11.6 Å². The second kappa shape index (κ2) is 6.57. The van der Waals surface area contributed by atoms with Crippen LogP contribution >= 0.6 is 0 Å². The molecule has 22 heavy (non-hydrogen) atoms. The largest absolute Gasteiger partial charge is 0.467 e. The molecule has 2 rings (SSSR count). The van der Waals surface area contributed by atoms with Crippen LogP contribution in [-0.4, -0.2) is 27.8 Å². The number of furan rings is 1. The van der Waals surface area contributed by atoms with Crippen molar-refractivity contribution >= 4 is 17.5 Å². The summed E-state index contributed by atoms with van der Waals surface area (Å²) in [5.74, 6) is -0.366. The van der Waals surface area contributed by atoms with E-state index in [1.54, 1.807) is 12.1 Å². The SMILES string of the molecule is Cn1cc([N+](=O)[O-])cc1C(=O)NCC(=O)NCc1ccco1. The first-order chi connectivity index (χ1) is 10.5. The van der Waals surface area contributed by atoms with E-state index in [1.165, 1.54) is 24.1 Å². The van der Waals surface area contributed by atoms with Crippen LogP contribution in [0.1, 0.15) is 16.2 Å². The van der Waals surface area contributed by atoms with Gasteiger partial charge < -0.3 is 19.6 Å². The highest BCUT2D eigenvalue weighted by Gasteiger charge is 2.17. The average molecular weight is 306 g/mol. The zero-order chi connectivity index (χ0) is 16.1. The van der Waals surface area contributed by atoms with E-state index in [0.29, 0.717) is 5.76 Å². The second-order valence-corrected chi connectivity index (χ2v) is 4.49. The van der Waals surface area contributed by atoms with Crippen LogP contribution in [0.15, 0.2) is 35.1 Å². The standard InChI is InChI=1S/C13H14N4O5/c1-16-8-9(17(20)21)5-11(16)13(19)15-7-12(18)14-6-10-3-2-4-22-10/h2-5,8H,6-7H2,1H3,(H,14,18)(H,15,19). The summed E-state index contributed by atoms with van der Waals surface area (Å²) in [5.41, 5.74) is -0.0829. The second-order valence-electron chi connectivity index (χ2n) is 4.49. The van der Waals surface area contributed by atoms with Crippen LogP contribution < -0.4 is 10.6 Å². The van der Waals surface area contributed by atoms with Gasteiger partial charge in [0, 0.05) is 13.1 Å². The van der Waals surface area contributed by atoms with E-state index in [9.17, 15) is 19.7 Å². The molecule has 0 aliphatic carbocycles. The van der Waals surface area contributed by atoms with Crippen molar-refractivity contribution in [2.24, 2.45) is 7.05 Å². The first-order valence-corrected chi connectivity index (χ1v) is 6.35. The fourth-order valence-electron chi connectivity index (χ4n) is 1.79. The minimum atomic E-state index is -0.590. The highest BCUT2D eigenvalue weighted by Crippen LogP contribution is 2.14. The number of nitrogens with zero attached hydrogens (tertiary/aromatic N) is 2. The average Bonchev–Trinajstić information content (AvgIpc) is 3.11. The molecule has 2 amide bonds. The third-order valence-corrected chi connectivity index (χ3v) is 2.88. The number of nitro groups is 1. The van der Waals surface area contributed by atoms with Crippen molar-refractivity contribution in [3.8, 4) is 0 Å². The maximum absolute atomic E-state index is 11.9. The number of hydrogen-bond acceptors (Lipinski definition) is 5. The van der Waals surface area contributed by atoms with Crippen LogP contribution in [-0.2, 0) is 18.4 Å². The summed E-state index contributed by atoms with van der Waals surface area (Å²) in [6.07, 6.45) is 2.72. The minimum absolute atomic E-state index is 0.102. The lowest BCUT2D eigenvalue weighted by molar-refractivity contribution is -0.384. The molecule has 116 valence electrons. The van der Waals surface area contributed by atoms with E-state index >= 15 is 0 Å². The molecule has 0 radical (unpaired) electrons. The normalized spacial score (nSPS) is 10.2. The van der Waals surface area contributed by atoms with Gasteiger partial charge in [-0.25, -0.2) is 0 Å². The molecule has 0 aliphatic rings. The third kappa shape index (κ3) is 3.72. The van der Waals surface area contributed by atoms with Gasteiger partial charge in [-0.1, -0.05) is 0 Å². The highest BCUT2D eigenvalue weighted by molar-refractivity contribution is 5.95. The monoisotopic (exact) mass is 306 g/mol. The Morgan fingerprint density at radius 2 is 2.18 bits per heavy atom. The molecule has 2 aromatic heterocycles. The molecular formula is C13H14N4O5. The highest BCUT2D eigenvalue weighted by atomic mass is 16.6. The Morgan fingerprint density at radius 3 is 2.77 bits per heavy atom. The Kier molecular flexibility index (Phi) is 4.57. The first-order valence-electron chi connectivity index (χ1n) is 6.35. The fraction of sp³-hybridized carbons (Fsp3) is 0.231. The molecule has 0 saturated heterocycles. The lowest BCUT2D eigenvalue weighted by Gasteiger charge is -2.06. The van der Waals surface area contributed by atoms with E-state index in [1.807, 2.05) is 0 Å². The number of carbonyl (C=O) groups is 2. The number of rotatable bonds is 6. The van der Waals surface area contributed by atoms with Gasteiger partial charge in [0.2, 0.25) is 5.91 Å². The molecule has 2 aromatic rings. The molecular weight excluding hydrogens is 292 g/mol. The molecule has 0 bridgehead atoms. The van der Waals surface area contributed by atoms with Gasteiger partial charge in [0.1, 0.15) is 11.5 Å². The number of aryl methyl sites for hydroxylation is 1. The Balaban J connectivity index is 1.84. The minimum Gasteiger partial charge on any atom is -0.467 e. The molecule has 0 fully saturated rings. The predicted octanol–water partition coefficient (Wildman–Crippen LogP) is 0.572. The Labute approximate surface area is 125 Å². The van der Waals surface area contributed by atoms with Crippen molar-refractivity contribution < 1.29 is 18.9 Å². The molecule has 2 N–H and O–H groups in total. The summed E-state index contributed by atoms with van der Waals surface area (Å²) in [5, 5.41) is 15.6. The molecule has 9 nitrogen and oxygen atoms in total. The third-order valence-electron chi connectivity index (χ3n) is 2.88. The molecule has 9 heteroatoms. The predicted molar refractivity (Wildman–Crippen MR) is 75.0 cm³/mol. The number of aromatic nitrogens is 1. The molecule has 0 aromatic carbocycles. The van der Waals surface area contributed by atoms with Gasteiger partial charge in [0.05, 0.1) is 30.5 Å². The smallest absolute Gasteiger partial charge is 0.287 e. The van der Waals surface area contributed by atoms with Gasteiger partial charge in [-0.2, -0.15) is 0 Å². The van der Waals surface area contributed by atoms with Crippen LogP contribution in [0.5, 0.6) is 0 Å². The molecule has 2 heterocycles. The quantitative estimate of drug-likeness (QED) is 0.597. The Hall–Kier alpha value is -3.10. The molecule has 0 unspecified atom stereocenters. The zero-order valence-corrected chi connectivity index (χ0v) is 11.7. The summed E-state index contributed by atoms with van der Waals surface area (Å²) >= 11 is 0. The Bertz CT molecular complexity index is 689. The number of carbonyl (C=O) groups excluding carboxylic acids is 2. The van der Waals surface area contributed by atoms with Gasteiger partial charge in [-0.05, 0) is 12.1 Å². The van der Waals surface area contributed by atoms with Gasteiger partial charge in [-0.15, -0.1) is 0 Å². The maximum atomic E-state index is 11.9. The first kappa shape index (κ1) is 15.3. The van der Waals surface area contributed by atoms with Crippen molar-refractivity contribution in [3.05, 3.63) is 52.2 Å². The topological polar surface area (TPSA) is 119 Å². The lowest BCUT2D eigenvalue weighted by atomic mass is 10.3. The number of amides is 2. The fourth-order valence-corrected chi connectivity index (χ4v) is 1.79. The molecule has 0 spiro atoms. The van der Waals surface area contributed by atoms with Crippen LogP contribution in [0.2, 0.25) is 0 Å². The summed E-state index contributed by atoms with van der Waals surface area (Å²) < 4.78 is 6.38. The summed E-state index contributed by atoms with van der Waals surface area (Å²) in [6, 6.07) is 4.56. The number of nitrogens with one attached hydrogen (secondary N) is 2. The van der Waals surface area contributed by atoms with Crippen LogP contribution in [0, 0.1) is 10.1 Å². The molecule has 0 aliphatic heterocycles. The van der Waals surface area contributed by atoms with E-state index in [4.69, 9.17) is 4.42 Å². The lowest BCUT2D eigenvalue weighted by Crippen LogP contribution is -2.37. The van der Waals surface area contributed by atoms with E-state index < -0.39 is 16.7 Å². The van der Waals surface area contributed by atoms with Crippen molar-refractivity contribution in [1.82, 2.24) is 15.2 Å². The molecule has 0 saturated carbocycles. The van der Waals surface area contributed by atoms with Crippen molar-refractivity contribution in [2.45, 2.75) is 6.54 Å². The maximum Gasteiger partial charge on any atom is 0.287 e. The van der Waals surface area contributed by atoms with Crippen LogP contribution in [0.25, 0.3) is 0 Å². The Morgan fingerprint density at radius 1 is 1.41 bits per heavy atom. The van der Waals surface area contributed by atoms with Crippen molar-refractivity contribution in [2.75, 3.05) is 6.54 Å². The van der Waals surface area contributed by atoms with E-state index in [0.717, 1.165) is 6.07 Å². The van der Waals surface area contributed by atoms with Crippen LogP contribution in [0.4, 0.5) is 5.69 Å². The van der Waals surface area contributed by atoms with Crippen molar-refractivity contribution in [1.29, 1.82) is 0 Å². The summed E-state index contributed by atoms with van der Waals surface area (Å²) in [7, 11) is 1.51. The van der Waals surface area contributed by atoms with Crippen molar-refractivity contribution in [3.63, 3.8) is 0 Å². The number of hydrogen-bond donors (Lipinski definition) is 2.